The minimum atomic E-state index is -3.63. The van der Waals surface area contributed by atoms with Crippen LogP contribution in [0.15, 0.2) is 59.5 Å². The third-order valence-electron chi connectivity index (χ3n) is 5.68. The summed E-state index contributed by atoms with van der Waals surface area (Å²) in [6.45, 7) is 6.78. The zero-order valence-electron chi connectivity index (χ0n) is 20.9. The molecule has 9 heteroatoms. The van der Waals surface area contributed by atoms with Crippen LogP contribution in [-0.4, -0.2) is 55.6 Å². The lowest BCUT2D eigenvalue weighted by atomic mass is 10.1. The molecule has 1 unspecified atom stereocenters. The van der Waals surface area contributed by atoms with E-state index in [1.54, 1.807) is 41.3 Å². The lowest BCUT2D eigenvalue weighted by Gasteiger charge is -2.31. The maximum Gasteiger partial charge on any atom is 0.242 e. The minimum Gasteiger partial charge on any atom is -0.354 e. The van der Waals surface area contributed by atoms with Gasteiger partial charge in [0.05, 0.1) is 4.90 Å². The molecule has 192 valence electrons. The van der Waals surface area contributed by atoms with E-state index in [4.69, 9.17) is 11.6 Å². The molecule has 0 heterocycles. The molecule has 2 rings (SSSR count). The second-order valence-electron chi connectivity index (χ2n) is 8.92. The summed E-state index contributed by atoms with van der Waals surface area (Å²) in [5.41, 5.74) is 0.751. The number of carbonyl (C=O) groups is 2. The molecule has 0 fully saturated rings. The van der Waals surface area contributed by atoms with Gasteiger partial charge in [-0.2, -0.15) is 0 Å². The molecule has 0 saturated heterocycles. The van der Waals surface area contributed by atoms with Crippen molar-refractivity contribution in [2.45, 2.75) is 57.5 Å². The number of carbonyl (C=O) groups excluding carboxylic acids is 2. The van der Waals surface area contributed by atoms with Gasteiger partial charge in [0, 0.05) is 38.1 Å². The van der Waals surface area contributed by atoms with Crippen LogP contribution in [0, 0.1) is 5.92 Å². The highest BCUT2D eigenvalue weighted by Gasteiger charge is 2.29. The molecule has 0 aliphatic rings. The maximum absolute atomic E-state index is 13.3. The Morgan fingerprint density at radius 1 is 1.03 bits per heavy atom. The van der Waals surface area contributed by atoms with Crippen LogP contribution in [0.5, 0.6) is 0 Å². The lowest BCUT2D eigenvalue weighted by Crippen LogP contribution is -2.49. The molecule has 0 bridgehead atoms. The van der Waals surface area contributed by atoms with E-state index in [1.165, 1.54) is 11.4 Å². The largest absolute Gasteiger partial charge is 0.354 e. The summed E-state index contributed by atoms with van der Waals surface area (Å²) >= 11 is 6.35. The Balaban J connectivity index is 2.13. The topological polar surface area (TPSA) is 86.8 Å². The Labute approximate surface area is 214 Å². The number of rotatable bonds is 13. The summed E-state index contributed by atoms with van der Waals surface area (Å²) in [4.78, 5) is 28.1. The lowest BCUT2D eigenvalue weighted by molar-refractivity contribution is -0.141. The zero-order chi connectivity index (χ0) is 26.0. The van der Waals surface area contributed by atoms with Crippen LogP contribution in [0.3, 0.4) is 0 Å². The number of nitrogens with one attached hydrogen (secondary N) is 1. The van der Waals surface area contributed by atoms with Crippen LogP contribution in [0.1, 0.15) is 45.6 Å². The van der Waals surface area contributed by atoms with Gasteiger partial charge in [-0.05, 0) is 42.5 Å². The maximum atomic E-state index is 13.3. The average Bonchev–Trinajstić information content (AvgIpc) is 2.84. The Hall–Kier alpha value is -2.42. The molecule has 1 N–H and O–H groups in total. The summed E-state index contributed by atoms with van der Waals surface area (Å²) in [5.74, 6) is -0.140. The van der Waals surface area contributed by atoms with Crippen molar-refractivity contribution >= 4 is 33.4 Å². The fourth-order valence-corrected chi connectivity index (χ4v) is 5.07. The van der Waals surface area contributed by atoms with E-state index in [1.807, 2.05) is 39.0 Å². The van der Waals surface area contributed by atoms with E-state index < -0.39 is 16.1 Å². The highest BCUT2D eigenvalue weighted by molar-refractivity contribution is 7.89. The van der Waals surface area contributed by atoms with Crippen molar-refractivity contribution in [2.75, 3.05) is 20.1 Å². The Kier molecular flexibility index (Phi) is 11.2. The number of hydrogen-bond donors (Lipinski definition) is 1. The Morgan fingerprint density at radius 2 is 1.66 bits per heavy atom. The van der Waals surface area contributed by atoms with Crippen molar-refractivity contribution in [3.8, 4) is 0 Å². The normalized spacial score (nSPS) is 12.5. The molecular weight excluding hydrogens is 486 g/mol. The third-order valence-corrected chi connectivity index (χ3v) is 7.92. The number of sulfonamides is 1. The summed E-state index contributed by atoms with van der Waals surface area (Å²) in [5, 5.41) is 3.45. The van der Waals surface area contributed by atoms with E-state index in [2.05, 4.69) is 5.32 Å². The van der Waals surface area contributed by atoms with Gasteiger partial charge in [0.25, 0.3) is 0 Å². The van der Waals surface area contributed by atoms with Gasteiger partial charge >= 0.3 is 0 Å². The molecule has 0 aromatic heterocycles. The van der Waals surface area contributed by atoms with Gasteiger partial charge in [-0.15, -0.1) is 0 Å². The van der Waals surface area contributed by atoms with Gasteiger partial charge in [-0.3, -0.25) is 9.59 Å². The molecule has 2 aromatic carbocycles. The summed E-state index contributed by atoms with van der Waals surface area (Å²) < 4.78 is 26.8. The molecule has 2 aromatic rings. The van der Waals surface area contributed by atoms with Crippen molar-refractivity contribution in [2.24, 2.45) is 5.92 Å². The summed E-state index contributed by atoms with van der Waals surface area (Å²) in [7, 11) is -2.13. The first kappa shape index (κ1) is 28.8. The van der Waals surface area contributed by atoms with Gasteiger partial charge in [-0.1, -0.05) is 68.8 Å². The first-order chi connectivity index (χ1) is 16.6. The van der Waals surface area contributed by atoms with E-state index in [0.29, 0.717) is 24.4 Å². The number of hydrogen-bond acceptors (Lipinski definition) is 4. The smallest absolute Gasteiger partial charge is 0.242 e. The number of halogens is 1. The zero-order valence-corrected chi connectivity index (χ0v) is 22.5. The van der Waals surface area contributed by atoms with Gasteiger partial charge in [-0.25, -0.2) is 12.7 Å². The van der Waals surface area contributed by atoms with Crippen LogP contribution in [0.4, 0.5) is 0 Å². The van der Waals surface area contributed by atoms with Gasteiger partial charge < -0.3 is 10.2 Å². The van der Waals surface area contributed by atoms with Crippen molar-refractivity contribution in [3.05, 3.63) is 65.2 Å². The first-order valence-corrected chi connectivity index (χ1v) is 13.7. The van der Waals surface area contributed by atoms with E-state index in [9.17, 15) is 18.0 Å². The van der Waals surface area contributed by atoms with E-state index >= 15 is 0 Å². The molecule has 1 atom stereocenters. The third kappa shape index (κ3) is 8.33. The van der Waals surface area contributed by atoms with Crippen LogP contribution in [0.25, 0.3) is 0 Å². The number of nitrogens with zero attached hydrogens (tertiary/aromatic N) is 2. The first-order valence-electron chi connectivity index (χ1n) is 11.9. The molecular formula is C26H36ClN3O4S. The predicted octanol–water partition coefficient (Wildman–Crippen LogP) is 4.32. The number of amides is 2. The van der Waals surface area contributed by atoms with Crippen LogP contribution >= 0.6 is 11.6 Å². The summed E-state index contributed by atoms with van der Waals surface area (Å²) in [6.07, 6.45) is 0.875. The van der Waals surface area contributed by atoms with Gasteiger partial charge in [0.1, 0.15) is 6.04 Å². The quantitative estimate of drug-likeness (QED) is 0.425. The van der Waals surface area contributed by atoms with Crippen molar-refractivity contribution in [1.29, 1.82) is 0 Å². The van der Waals surface area contributed by atoms with E-state index in [-0.39, 0.29) is 42.1 Å². The molecule has 0 saturated carbocycles. The van der Waals surface area contributed by atoms with Gasteiger partial charge in [0.15, 0.2) is 0 Å². The summed E-state index contributed by atoms with van der Waals surface area (Å²) in [6, 6.07) is 14.8. The molecule has 7 nitrogen and oxygen atoms in total. The molecule has 0 radical (unpaired) electrons. The predicted molar refractivity (Wildman–Crippen MR) is 139 cm³/mol. The standard InChI is InChI=1S/C26H36ClN3O4S/c1-5-24(26(32)28-18-20(2)3)30(19-21-12-9-10-15-23(21)27)25(31)16-11-17-29(4)35(33,34)22-13-7-6-8-14-22/h6-10,12-15,20,24H,5,11,16-19H2,1-4H3,(H,28,32). The van der Waals surface area contributed by atoms with Crippen molar-refractivity contribution < 1.29 is 18.0 Å². The minimum absolute atomic E-state index is 0.104. The molecule has 0 spiro atoms. The van der Waals surface area contributed by atoms with Crippen molar-refractivity contribution in [1.82, 2.24) is 14.5 Å². The molecule has 0 aliphatic heterocycles. The highest BCUT2D eigenvalue weighted by atomic mass is 35.5. The van der Waals surface area contributed by atoms with Crippen LogP contribution < -0.4 is 5.32 Å². The van der Waals surface area contributed by atoms with E-state index in [0.717, 1.165) is 5.56 Å². The fourth-order valence-electron chi connectivity index (χ4n) is 3.64. The molecule has 35 heavy (non-hydrogen) atoms. The van der Waals surface area contributed by atoms with Gasteiger partial charge in [0.2, 0.25) is 21.8 Å². The molecule has 2 amide bonds. The second-order valence-corrected chi connectivity index (χ2v) is 11.4. The average molecular weight is 522 g/mol. The molecule has 0 aliphatic carbocycles. The monoisotopic (exact) mass is 521 g/mol. The number of benzene rings is 2. The SMILES string of the molecule is CCC(C(=O)NCC(C)C)N(Cc1ccccc1Cl)C(=O)CCCN(C)S(=O)(=O)c1ccccc1. The highest BCUT2D eigenvalue weighted by Crippen LogP contribution is 2.21. The Morgan fingerprint density at radius 3 is 2.26 bits per heavy atom. The van der Waals surface area contributed by atoms with Crippen LogP contribution in [0.2, 0.25) is 5.02 Å². The fraction of sp³-hybridized carbons (Fsp3) is 0.462. The Bertz CT molecular complexity index is 1080. The van der Waals surface area contributed by atoms with Crippen LogP contribution in [-0.2, 0) is 26.2 Å². The van der Waals surface area contributed by atoms with Crippen molar-refractivity contribution in [3.63, 3.8) is 0 Å². The second kappa shape index (κ2) is 13.6.